The molecule has 0 saturated heterocycles. The fourth-order valence-corrected chi connectivity index (χ4v) is 1.52. The molecule has 0 unspecified atom stereocenters. The van der Waals surface area contributed by atoms with E-state index in [4.69, 9.17) is 14.0 Å². The fraction of sp³-hybridized carbons (Fsp3) is 0.273. The minimum Gasteiger partial charge on any atom is -0.397 e. The molecule has 0 atom stereocenters. The number of amides is 1. The van der Waals surface area contributed by atoms with E-state index in [-0.39, 0.29) is 16.2 Å². The lowest BCUT2D eigenvalue weighted by atomic mass is 10.1. The molecule has 0 saturated carbocycles. The second-order valence-corrected chi connectivity index (χ2v) is 3.42. The van der Waals surface area contributed by atoms with Crippen molar-refractivity contribution >= 4 is 22.6 Å². The van der Waals surface area contributed by atoms with Crippen LogP contribution < -0.4 is 5.73 Å². The smallest absolute Gasteiger partial charge is 0.253 e. The van der Waals surface area contributed by atoms with Crippen molar-refractivity contribution in [3.05, 3.63) is 23.5 Å². The Bertz CT molecular complexity index is 718. The molecule has 3 N–H and O–H groups in total. The third kappa shape index (κ3) is 1.60. The van der Waals surface area contributed by atoms with Gasteiger partial charge in [-0.15, -0.1) is 0 Å². The van der Waals surface area contributed by atoms with E-state index < -0.39 is 19.9 Å². The summed E-state index contributed by atoms with van der Waals surface area (Å²) in [4.78, 5) is 19.2. The summed E-state index contributed by atoms with van der Waals surface area (Å²) in [6, 6.07) is 2.55. The molecule has 0 aliphatic rings. The molecule has 5 heteroatoms. The highest BCUT2D eigenvalue weighted by atomic mass is 16.2. The van der Waals surface area contributed by atoms with Crippen LogP contribution >= 0.6 is 0 Å². The van der Waals surface area contributed by atoms with Crippen molar-refractivity contribution in [2.75, 3.05) is 19.7 Å². The van der Waals surface area contributed by atoms with Gasteiger partial charge in [0.1, 0.15) is 11.3 Å². The molecule has 1 amide bonds. The van der Waals surface area contributed by atoms with Crippen molar-refractivity contribution in [2.24, 2.45) is 0 Å². The highest BCUT2D eigenvalue weighted by Gasteiger charge is 2.12. The van der Waals surface area contributed by atoms with Gasteiger partial charge in [0, 0.05) is 27.7 Å². The first kappa shape index (κ1) is 5.34. The van der Waals surface area contributed by atoms with Crippen LogP contribution in [0.15, 0.2) is 12.1 Å². The topological polar surface area (TPSA) is 75.0 Å². The lowest BCUT2D eigenvalue weighted by molar-refractivity contribution is 0.0828. The second kappa shape index (κ2) is 3.52. The Labute approximate surface area is 102 Å². The summed E-state index contributed by atoms with van der Waals surface area (Å²) < 4.78 is 43.6. The fourth-order valence-electron chi connectivity index (χ4n) is 1.52. The van der Waals surface area contributed by atoms with Crippen LogP contribution in [0.3, 0.4) is 0 Å². The zero-order valence-electron chi connectivity index (χ0n) is 14.5. The van der Waals surface area contributed by atoms with Crippen molar-refractivity contribution in [1.29, 1.82) is 0 Å². The van der Waals surface area contributed by atoms with Crippen LogP contribution in [-0.2, 0) is 0 Å². The maximum absolute atomic E-state index is 12.4. The molecule has 16 heavy (non-hydrogen) atoms. The van der Waals surface area contributed by atoms with Gasteiger partial charge in [-0.1, -0.05) is 0 Å². The van der Waals surface area contributed by atoms with E-state index in [2.05, 4.69) is 9.97 Å². The molecule has 0 spiro atoms. The highest BCUT2D eigenvalue weighted by molar-refractivity contribution is 6.00. The van der Waals surface area contributed by atoms with Crippen LogP contribution in [0.5, 0.6) is 0 Å². The average Bonchev–Trinajstić information content (AvgIpc) is 2.66. The van der Waals surface area contributed by atoms with Gasteiger partial charge in [0.2, 0.25) is 0 Å². The minimum atomic E-state index is -3.10. The summed E-state index contributed by atoms with van der Waals surface area (Å²) in [6.07, 6.45) is 0. The van der Waals surface area contributed by atoms with Gasteiger partial charge in [0.15, 0.2) is 0 Å². The second-order valence-electron chi connectivity index (χ2n) is 3.42. The minimum absolute atomic E-state index is 0.107. The standard InChI is InChI=1S/C11H14N4O/c1-6-13-9-5-7(11(16)15(2)3)4-8(12)10(9)14-6/h4-5H,12H2,1-3H3,(H,13,14)/i2D3,3D3. The maximum atomic E-state index is 12.4. The van der Waals surface area contributed by atoms with Gasteiger partial charge in [-0.2, -0.15) is 0 Å². The van der Waals surface area contributed by atoms with E-state index in [1.807, 2.05) is 0 Å². The third-order valence-electron chi connectivity index (χ3n) is 2.18. The number of carbonyl (C=O) groups excluding carboxylic acids is 1. The number of anilines is 1. The number of nitrogen functional groups attached to an aromatic ring is 1. The molecule has 1 heterocycles. The molecule has 0 fully saturated rings. The molecule has 0 aliphatic heterocycles. The summed E-state index contributed by atoms with van der Waals surface area (Å²) in [5.41, 5.74) is 6.67. The van der Waals surface area contributed by atoms with Gasteiger partial charge in [0.05, 0.1) is 11.2 Å². The summed E-state index contributed by atoms with van der Waals surface area (Å²) in [5.74, 6) is -0.587. The number of imidazole rings is 1. The van der Waals surface area contributed by atoms with Crippen LogP contribution in [0.4, 0.5) is 5.69 Å². The molecule has 5 nitrogen and oxygen atoms in total. The maximum Gasteiger partial charge on any atom is 0.253 e. The van der Waals surface area contributed by atoms with Gasteiger partial charge >= 0.3 is 0 Å². The zero-order chi connectivity index (χ0) is 16.9. The summed E-state index contributed by atoms with van der Waals surface area (Å²) in [7, 11) is 0. The first-order chi connectivity index (χ1) is 9.91. The monoisotopic (exact) mass is 224 g/mol. The molecule has 1 aromatic heterocycles. The number of aryl methyl sites for hydroxylation is 1. The van der Waals surface area contributed by atoms with Crippen molar-refractivity contribution in [1.82, 2.24) is 14.9 Å². The van der Waals surface area contributed by atoms with Gasteiger partial charge in [-0.3, -0.25) is 4.79 Å². The Morgan fingerprint density at radius 1 is 1.56 bits per heavy atom. The summed E-state index contributed by atoms with van der Waals surface area (Å²) >= 11 is 0. The molecule has 0 aliphatic carbocycles. The van der Waals surface area contributed by atoms with Crippen LogP contribution in [-0.4, -0.2) is 34.7 Å². The van der Waals surface area contributed by atoms with Crippen LogP contribution in [0.2, 0.25) is 0 Å². The Kier molecular flexibility index (Phi) is 1.17. The Morgan fingerprint density at radius 3 is 3.00 bits per heavy atom. The number of rotatable bonds is 1. The molecular formula is C11H14N4O. The van der Waals surface area contributed by atoms with Gasteiger partial charge < -0.3 is 15.6 Å². The number of fused-ring (bicyclic) bond motifs is 1. The summed E-state index contributed by atoms with van der Waals surface area (Å²) in [5, 5.41) is 0. The van der Waals surface area contributed by atoms with E-state index in [9.17, 15) is 4.79 Å². The number of nitrogens with two attached hydrogens (primary N) is 1. The SMILES string of the molecule is [2H]C([2H])([2H])N(C(=O)c1cc(N)c2nc(C)[nH]c2c1)C([2H])([2H])[2H]. The number of nitrogens with zero attached hydrogens (tertiary/aromatic N) is 2. The molecule has 0 radical (unpaired) electrons. The number of aromatic amines is 1. The molecule has 2 aromatic rings. The van der Waals surface area contributed by atoms with Crippen LogP contribution in [0.1, 0.15) is 24.4 Å². The highest BCUT2D eigenvalue weighted by Crippen LogP contribution is 2.21. The molecule has 0 bridgehead atoms. The van der Waals surface area contributed by atoms with Crippen molar-refractivity contribution < 1.29 is 13.0 Å². The van der Waals surface area contributed by atoms with Crippen LogP contribution in [0, 0.1) is 6.92 Å². The van der Waals surface area contributed by atoms with Crippen molar-refractivity contribution in [3.8, 4) is 0 Å². The quantitative estimate of drug-likeness (QED) is 0.714. The number of hydrogen-bond donors (Lipinski definition) is 2. The van der Waals surface area contributed by atoms with E-state index in [1.54, 1.807) is 6.92 Å². The van der Waals surface area contributed by atoms with E-state index in [0.29, 0.717) is 16.9 Å². The number of carbonyl (C=O) groups is 1. The zero-order valence-corrected chi connectivity index (χ0v) is 8.53. The third-order valence-corrected chi connectivity index (χ3v) is 2.18. The van der Waals surface area contributed by atoms with Crippen molar-refractivity contribution in [3.63, 3.8) is 0 Å². The molecule has 84 valence electrons. The molecule has 1 aromatic carbocycles. The first-order valence-electron chi connectivity index (χ1n) is 7.52. The lowest BCUT2D eigenvalue weighted by Crippen LogP contribution is -2.21. The van der Waals surface area contributed by atoms with E-state index in [1.165, 1.54) is 12.1 Å². The van der Waals surface area contributed by atoms with Crippen LogP contribution in [0.25, 0.3) is 11.0 Å². The average molecular weight is 224 g/mol. The predicted molar refractivity (Wildman–Crippen MR) is 63.3 cm³/mol. The van der Waals surface area contributed by atoms with E-state index >= 15 is 0 Å². The van der Waals surface area contributed by atoms with Gasteiger partial charge in [-0.25, -0.2) is 4.98 Å². The van der Waals surface area contributed by atoms with Gasteiger partial charge in [-0.05, 0) is 19.1 Å². The van der Waals surface area contributed by atoms with Crippen molar-refractivity contribution in [2.45, 2.75) is 6.92 Å². The number of H-pyrrole nitrogens is 1. The Balaban J connectivity index is 2.56. The summed E-state index contributed by atoms with van der Waals surface area (Å²) in [6.45, 7) is -4.51. The lowest BCUT2D eigenvalue weighted by Gasteiger charge is -2.10. The number of hydrogen-bond acceptors (Lipinski definition) is 3. The largest absolute Gasteiger partial charge is 0.397 e. The molecule has 2 rings (SSSR count). The Morgan fingerprint density at radius 2 is 2.31 bits per heavy atom. The van der Waals surface area contributed by atoms with E-state index in [0.717, 1.165) is 0 Å². The first-order valence-corrected chi connectivity index (χ1v) is 4.52. The van der Waals surface area contributed by atoms with Gasteiger partial charge in [0.25, 0.3) is 5.91 Å². The normalized spacial score (nSPS) is 17.8. The Hall–Kier alpha value is -2.04. The number of benzene rings is 1. The number of nitrogens with one attached hydrogen (secondary N) is 1. The predicted octanol–water partition coefficient (Wildman–Crippen LogP) is 1.16. The number of aromatic nitrogens is 2. The molecular weight excluding hydrogens is 204 g/mol.